The van der Waals surface area contributed by atoms with Crippen molar-refractivity contribution in [1.82, 2.24) is 0 Å². The molecule has 0 amide bonds. The van der Waals surface area contributed by atoms with Gasteiger partial charge in [0, 0.05) is 5.92 Å². The number of hydrogen-bond donors (Lipinski definition) is 0. The van der Waals surface area contributed by atoms with Crippen molar-refractivity contribution in [2.24, 2.45) is 0 Å². The van der Waals surface area contributed by atoms with Crippen molar-refractivity contribution in [2.75, 3.05) is 0 Å². The van der Waals surface area contributed by atoms with Crippen molar-refractivity contribution < 1.29 is 39.0 Å². The molecule has 27 aromatic rings. The molecule has 0 bridgehead atoms. The summed E-state index contributed by atoms with van der Waals surface area (Å²) in [6.07, 6.45) is 0. The van der Waals surface area contributed by atoms with Gasteiger partial charge in [-0.2, -0.15) is 36.4 Å². The summed E-state index contributed by atoms with van der Waals surface area (Å²) in [6, 6.07) is 109. The van der Waals surface area contributed by atoms with E-state index in [9.17, 15) is 0 Å². The Balaban J connectivity index is 0.000000504. The molecule has 3 unspecified atom stereocenters. The molecule has 27 aromatic carbocycles. The topological polar surface area (TPSA) is 0 Å². The van der Waals surface area contributed by atoms with Crippen molar-refractivity contribution in [3.05, 3.63) is 444 Å². The van der Waals surface area contributed by atoms with Gasteiger partial charge in [-0.25, -0.2) is 24.3 Å². The molecule has 0 fully saturated rings. The van der Waals surface area contributed by atoms with E-state index in [0.717, 1.165) is 0 Å². The minimum absolute atomic E-state index is 0. The van der Waals surface area contributed by atoms with Gasteiger partial charge >= 0.3 is 39.0 Å². The summed E-state index contributed by atoms with van der Waals surface area (Å²) in [4.78, 5) is 0. The van der Waals surface area contributed by atoms with Gasteiger partial charge in [-0.05, 0) is 377 Å². The molecule has 124 heavy (non-hydrogen) atoms. The van der Waals surface area contributed by atoms with Gasteiger partial charge in [0.05, 0.1) is 37.9 Å². The van der Waals surface area contributed by atoms with Gasteiger partial charge in [0.15, 0.2) is 0 Å². The average molecular weight is 1710 g/mol. The Morgan fingerprint density at radius 2 is 0.444 bits per heavy atom. The summed E-state index contributed by atoms with van der Waals surface area (Å²) in [5, 5.41) is 59.7. The minimum Gasteiger partial charge on any atom is -0.214 e. The van der Waals surface area contributed by atoms with Crippen LogP contribution in [0, 0.1) is 10.4 Å². The number of rotatable bonds is 7. The average Bonchev–Trinajstić information content (AvgIpc) is 1.37. The Hall–Kier alpha value is -13.6. The van der Waals surface area contributed by atoms with Crippen molar-refractivity contribution in [1.29, 1.82) is 0 Å². The molecular formula is C122H46Ru2. The van der Waals surface area contributed by atoms with Crippen LogP contribution in [0.3, 0.4) is 0 Å². The van der Waals surface area contributed by atoms with E-state index in [0.29, 0.717) is 0 Å². The second-order valence-corrected chi connectivity index (χ2v) is 40.6. The maximum absolute atomic E-state index is 2.69. The summed E-state index contributed by atoms with van der Waals surface area (Å²) in [5.74, 6) is 0.0119. The van der Waals surface area contributed by atoms with E-state index in [1.165, 1.54) is 38.9 Å². The Labute approximate surface area is 726 Å². The van der Waals surface area contributed by atoms with Gasteiger partial charge in [-0.3, -0.25) is 0 Å². The molecule has 46 rings (SSSR count). The summed E-state index contributed by atoms with van der Waals surface area (Å²) in [7, 11) is 0. The number of benzene rings is 22. The van der Waals surface area contributed by atoms with Crippen molar-refractivity contribution in [3.8, 4) is 11.1 Å². The first-order chi connectivity index (χ1) is 60.8. The molecule has 550 valence electrons. The zero-order chi connectivity index (χ0) is 75.7. The van der Waals surface area contributed by atoms with Crippen LogP contribution in [0.2, 0.25) is 0 Å². The minimum atomic E-state index is -0.739. The van der Waals surface area contributed by atoms with Gasteiger partial charge in [0.1, 0.15) is 0 Å². The fourth-order valence-corrected chi connectivity index (χ4v) is 37.7. The van der Waals surface area contributed by atoms with E-state index in [1.807, 2.05) is 60.7 Å². The summed E-state index contributed by atoms with van der Waals surface area (Å²) < 4.78 is 0. The second kappa shape index (κ2) is 16.0. The first kappa shape index (κ1) is 58.4. The molecule has 2 heteroatoms. The zero-order valence-corrected chi connectivity index (χ0v) is 68.7. The molecule has 0 aliphatic heterocycles. The Bertz CT molecular complexity index is 10800. The van der Waals surface area contributed by atoms with Crippen LogP contribution in [0.25, 0.3) is 205 Å². The molecule has 0 saturated heterocycles. The third kappa shape index (κ3) is 4.04. The van der Waals surface area contributed by atoms with Gasteiger partial charge in [-0.1, -0.05) is 212 Å². The summed E-state index contributed by atoms with van der Waals surface area (Å²) in [5.41, 5.74) is 46.7. The SMILES string of the molecule is [Ru+].[Ru+].c1cc[cH-]c1.c1cc[cH-]c1.c1ccc(C23C4=C5C6=c7c4c4c8c9c7=c7c%10c%11c%12c(c%13c%14c%15c(c2c2c%16c3c4c3c4c%16c%16c%17c%18c%19c%20c%21c%22c%23c%19c%19c%24c(c%11c%11c(c%25c(c7%11)[C@]9(c7ccccc7)c7c(c-%21c(c3c78)C4(c3ccccc3)[C@@H]%20%17)[C@@]%22%25c3ccccc3)C%23%24c3ccccc3)c3c%12c%14c4c3c%19c%18c3c%16c2c%15c34)[C@@]5%13c2ccccc2)[C@@]6%10c2ccccc2)cc1. The Morgan fingerprint density at radius 1 is 0.161 bits per heavy atom. The van der Waals surface area contributed by atoms with Crippen LogP contribution in [0.4, 0.5) is 0 Å². The van der Waals surface area contributed by atoms with Crippen LogP contribution >= 0.6 is 0 Å². The molecule has 19 aliphatic carbocycles. The van der Waals surface area contributed by atoms with E-state index in [2.05, 4.69) is 212 Å². The maximum atomic E-state index is 2.69. The van der Waals surface area contributed by atoms with Crippen LogP contribution in [-0.4, -0.2) is 0 Å². The van der Waals surface area contributed by atoms with Crippen LogP contribution < -0.4 is 5.22 Å². The molecule has 19 aliphatic rings. The molecule has 0 aromatic heterocycles. The molecule has 2 radical (unpaired) electrons. The second-order valence-electron chi connectivity index (χ2n) is 40.6. The van der Waals surface area contributed by atoms with Crippen LogP contribution in [0.15, 0.2) is 279 Å². The standard InChI is InChI=1S/C112H36.2C5H5.2Ru/c1-8-22-36(23-9-1)106-85-60-54-46-43-44-45-47-49(46)62-72-57(54)64(85)83-84-91(106)79-76-66-59-67-80(79)97-103(84)112(42-34-20-7-21-35-42)98(83)94(72)107(37-24-10-2-11-25-37)86(62)61-50(47)55-52(45)70-69-51(44)53-48(43)56(60)63(87(76)106)75-71(53)93-96(69)111(41-32-18-6-19-33-41)95(70)92-68(55)65-58(61)73-81-77-78(90(67)110(97,40-30-16-5-17-31-40)102(81)105(112)99(73)107)82-74(59)100(108(93,89(66)75)38-26-12-3-13-27-38)104(111)101(82)109(92,88(65)77)39-28-14-4-15-29-39;2*1-2-4-5-3-1;;/h1-35,85H;2*1-5H;;/q;2*-1;2*+1/t85-,106?,107?,108?,109+,110+,111+,112-;;;;/m1..../s1. The quantitative estimate of drug-likeness (QED) is 0.0646. The van der Waals surface area contributed by atoms with Gasteiger partial charge in [0.2, 0.25) is 0 Å². The third-order valence-electron chi connectivity index (χ3n) is 38.7. The van der Waals surface area contributed by atoms with Gasteiger partial charge in [-0.15, -0.1) is 0 Å². The van der Waals surface area contributed by atoms with E-state index < -0.39 is 37.9 Å². The predicted molar refractivity (Wildman–Crippen MR) is 492 cm³/mol. The Morgan fingerprint density at radius 3 is 0.944 bits per heavy atom. The molecular weight excluding hydrogens is 1670 g/mol. The first-order valence-electron chi connectivity index (χ1n) is 44.8. The largest absolute Gasteiger partial charge is 1.00 e. The van der Waals surface area contributed by atoms with Crippen molar-refractivity contribution >= 4 is 194 Å². The molecule has 0 saturated carbocycles. The summed E-state index contributed by atoms with van der Waals surface area (Å²) >= 11 is 0. The van der Waals surface area contributed by atoms with Crippen molar-refractivity contribution in [2.45, 2.75) is 43.8 Å². The van der Waals surface area contributed by atoms with Gasteiger partial charge in [0.25, 0.3) is 0 Å². The van der Waals surface area contributed by atoms with Gasteiger partial charge < -0.3 is 0 Å². The van der Waals surface area contributed by atoms with Crippen molar-refractivity contribution in [3.63, 3.8) is 0 Å². The third-order valence-corrected chi connectivity index (χ3v) is 38.7. The van der Waals surface area contributed by atoms with E-state index in [-0.39, 0.29) is 44.9 Å². The maximum Gasteiger partial charge on any atom is 1.00 e. The van der Waals surface area contributed by atoms with Crippen LogP contribution in [0.1, 0.15) is 156 Å². The first-order valence-corrected chi connectivity index (χ1v) is 44.8. The molecule has 0 heterocycles. The van der Waals surface area contributed by atoms with E-state index in [1.54, 1.807) is 338 Å². The smallest absolute Gasteiger partial charge is 0.214 e. The fraction of sp³-hybridized carbons (Fsp3) is 0.0656. The molecule has 0 N–H and O–H groups in total. The van der Waals surface area contributed by atoms with Crippen LogP contribution in [0.5, 0.6) is 0 Å². The number of hydrogen-bond acceptors (Lipinski definition) is 0. The van der Waals surface area contributed by atoms with Crippen LogP contribution in [-0.2, 0) is 76.9 Å². The molecule has 0 spiro atoms. The zero-order valence-electron chi connectivity index (χ0n) is 65.3. The normalized spacial score (nSPS) is 25.1. The van der Waals surface area contributed by atoms with E-state index in [4.69, 9.17) is 0 Å². The number of allylic oxidation sites excluding steroid dienone is 2. The Kier molecular flexibility index (Phi) is 7.55. The monoisotopic (exact) mass is 1710 g/mol. The fourth-order valence-electron chi connectivity index (χ4n) is 37.7. The van der Waals surface area contributed by atoms with E-state index >= 15 is 0 Å². The predicted octanol–water partition coefficient (Wildman–Crippen LogP) is 26.5. The molecule has 8 atom stereocenters. The molecule has 0 nitrogen and oxygen atoms in total. The summed E-state index contributed by atoms with van der Waals surface area (Å²) in [6.45, 7) is 0.